The lowest BCUT2D eigenvalue weighted by Crippen LogP contribution is -2.30. The van der Waals surface area contributed by atoms with Crippen LogP contribution < -0.4 is 9.64 Å². The maximum atomic E-state index is 13.0. The van der Waals surface area contributed by atoms with Gasteiger partial charge in [0.1, 0.15) is 5.75 Å². The summed E-state index contributed by atoms with van der Waals surface area (Å²) in [5.41, 5.74) is 2.80. The molecule has 2 heterocycles. The Labute approximate surface area is 140 Å². The van der Waals surface area contributed by atoms with Crippen LogP contribution in [0.2, 0.25) is 0 Å². The lowest BCUT2D eigenvalue weighted by atomic mass is 9.75. The number of carbonyl (C=O) groups is 2. The van der Waals surface area contributed by atoms with E-state index < -0.39 is 0 Å². The Morgan fingerprint density at radius 2 is 1.79 bits per heavy atom. The van der Waals surface area contributed by atoms with E-state index in [2.05, 4.69) is 11.5 Å². The molecule has 5 nitrogen and oxygen atoms in total. The first kappa shape index (κ1) is 15.0. The van der Waals surface area contributed by atoms with E-state index in [0.29, 0.717) is 17.9 Å². The molecule has 1 aliphatic heterocycles. The van der Waals surface area contributed by atoms with E-state index in [4.69, 9.17) is 4.74 Å². The van der Waals surface area contributed by atoms with E-state index in [0.717, 1.165) is 5.56 Å². The summed E-state index contributed by atoms with van der Waals surface area (Å²) in [6.45, 7) is 2.13. The lowest BCUT2D eigenvalue weighted by Gasteiger charge is -2.28. The van der Waals surface area contributed by atoms with Crippen molar-refractivity contribution in [3.05, 3.63) is 47.8 Å². The number of anilines is 1. The molecule has 0 spiro atoms. The number of fused-ring (bicyclic) bond motifs is 3. The Morgan fingerprint density at radius 1 is 1.08 bits per heavy atom. The largest absolute Gasteiger partial charge is 0.497 e. The molecule has 3 atom stereocenters. The van der Waals surface area contributed by atoms with Gasteiger partial charge in [0.05, 0.1) is 24.6 Å². The minimum Gasteiger partial charge on any atom is -0.497 e. The normalized spacial score (nSPS) is 25.6. The van der Waals surface area contributed by atoms with Crippen molar-refractivity contribution in [2.75, 3.05) is 12.0 Å². The summed E-state index contributed by atoms with van der Waals surface area (Å²) in [4.78, 5) is 27.3. The summed E-state index contributed by atoms with van der Waals surface area (Å²) >= 11 is 0. The number of carbonyl (C=O) groups excluding carboxylic acids is 2. The number of aromatic nitrogens is 1. The zero-order valence-corrected chi connectivity index (χ0v) is 14.0. The Hall–Kier alpha value is -2.56. The molecule has 124 valence electrons. The topological polar surface area (TPSA) is 51.5 Å². The molecule has 0 bridgehead atoms. The number of hydrogen-bond donors (Lipinski definition) is 0. The van der Waals surface area contributed by atoms with Crippen LogP contribution >= 0.6 is 0 Å². The molecule has 2 aliphatic rings. The molecule has 1 fully saturated rings. The molecule has 24 heavy (non-hydrogen) atoms. The summed E-state index contributed by atoms with van der Waals surface area (Å²) < 4.78 is 7.23. The minimum atomic E-state index is -0.355. The predicted molar refractivity (Wildman–Crippen MR) is 90.2 cm³/mol. The van der Waals surface area contributed by atoms with Gasteiger partial charge >= 0.3 is 0 Å². The Bertz CT molecular complexity index is 822. The van der Waals surface area contributed by atoms with Crippen LogP contribution in [0.4, 0.5) is 5.69 Å². The summed E-state index contributed by atoms with van der Waals surface area (Å²) in [7, 11) is 3.59. The highest BCUT2D eigenvalue weighted by Gasteiger charge is 2.52. The molecule has 1 aliphatic carbocycles. The molecule has 1 aromatic carbocycles. The smallest absolute Gasteiger partial charge is 0.242 e. The summed E-state index contributed by atoms with van der Waals surface area (Å²) in [6, 6.07) is 9.07. The molecule has 2 amide bonds. The van der Waals surface area contributed by atoms with Gasteiger partial charge in [-0.1, -0.05) is 6.92 Å². The standard InChI is InChI=1S/C19H20N2O3/c1-11-10-15-16(14-8-9-20(2)17(11)14)19(23)21(18(15)22)12-4-6-13(24-3)7-5-12/h4-9,11,15-16H,10H2,1-3H3/t11-,15+,16-/m1/s1. The number of amides is 2. The summed E-state index contributed by atoms with van der Waals surface area (Å²) in [6.07, 6.45) is 2.70. The first-order valence-electron chi connectivity index (χ1n) is 8.20. The van der Waals surface area contributed by atoms with Crippen molar-refractivity contribution in [1.82, 2.24) is 4.57 Å². The fourth-order valence-electron chi connectivity index (χ4n) is 4.25. The van der Waals surface area contributed by atoms with Gasteiger partial charge in [-0.05, 0) is 48.2 Å². The number of rotatable bonds is 2. The van der Waals surface area contributed by atoms with Crippen LogP contribution in [0.1, 0.15) is 36.4 Å². The lowest BCUT2D eigenvalue weighted by molar-refractivity contribution is -0.122. The molecular formula is C19H20N2O3. The SMILES string of the molecule is COc1ccc(N2C(=O)[C@H]3C[C@@H](C)c4c(ccn4C)[C@H]3C2=O)cc1. The van der Waals surface area contributed by atoms with Crippen LogP contribution in [0.5, 0.6) is 5.75 Å². The maximum Gasteiger partial charge on any atom is 0.242 e. The summed E-state index contributed by atoms with van der Waals surface area (Å²) in [5.74, 6) is 0.158. The van der Waals surface area contributed by atoms with Crippen molar-refractivity contribution in [3.8, 4) is 5.75 Å². The number of nitrogens with zero attached hydrogens (tertiary/aromatic N) is 2. The zero-order valence-electron chi connectivity index (χ0n) is 14.0. The number of hydrogen-bond acceptors (Lipinski definition) is 3. The highest BCUT2D eigenvalue weighted by Crippen LogP contribution is 2.48. The molecule has 0 N–H and O–H groups in total. The average Bonchev–Trinajstić information content (AvgIpc) is 3.07. The van der Waals surface area contributed by atoms with E-state index in [1.54, 1.807) is 31.4 Å². The average molecular weight is 324 g/mol. The molecule has 1 aromatic heterocycles. The monoisotopic (exact) mass is 324 g/mol. The molecule has 0 saturated carbocycles. The highest BCUT2D eigenvalue weighted by atomic mass is 16.5. The maximum absolute atomic E-state index is 13.0. The van der Waals surface area contributed by atoms with Crippen molar-refractivity contribution >= 4 is 17.5 Å². The Balaban J connectivity index is 1.76. The van der Waals surface area contributed by atoms with Crippen LogP contribution in [0.15, 0.2) is 36.5 Å². The third-order valence-corrected chi connectivity index (χ3v) is 5.32. The highest BCUT2D eigenvalue weighted by molar-refractivity contribution is 6.24. The van der Waals surface area contributed by atoms with E-state index in [9.17, 15) is 9.59 Å². The van der Waals surface area contributed by atoms with E-state index in [-0.39, 0.29) is 29.6 Å². The Morgan fingerprint density at radius 3 is 2.46 bits per heavy atom. The van der Waals surface area contributed by atoms with Crippen LogP contribution in [-0.2, 0) is 16.6 Å². The van der Waals surface area contributed by atoms with Gasteiger partial charge in [-0.3, -0.25) is 9.59 Å². The van der Waals surface area contributed by atoms with Gasteiger partial charge in [0, 0.05) is 18.9 Å². The van der Waals surface area contributed by atoms with Gasteiger partial charge in [0.25, 0.3) is 0 Å². The fraction of sp³-hybridized carbons (Fsp3) is 0.368. The third kappa shape index (κ3) is 1.94. The second-order valence-electron chi connectivity index (χ2n) is 6.70. The van der Waals surface area contributed by atoms with Gasteiger partial charge in [0.15, 0.2) is 0 Å². The van der Waals surface area contributed by atoms with Gasteiger partial charge in [-0.25, -0.2) is 4.90 Å². The van der Waals surface area contributed by atoms with Gasteiger partial charge in [-0.2, -0.15) is 0 Å². The number of aryl methyl sites for hydroxylation is 1. The predicted octanol–water partition coefficient (Wildman–Crippen LogP) is 2.81. The second-order valence-corrected chi connectivity index (χ2v) is 6.70. The van der Waals surface area contributed by atoms with Crippen molar-refractivity contribution in [2.45, 2.75) is 25.2 Å². The second kappa shape index (κ2) is 5.23. The molecule has 0 radical (unpaired) electrons. The Kier molecular flexibility index (Phi) is 3.27. The van der Waals surface area contributed by atoms with Crippen LogP contribution in [0.3, 0.4) is 0 Å². The molecule has 2 aromatic rings. The number of imide groups is 1. The van der Waals surface area contributed by atoms with Crippen molar-refractivity contribution in [1.29, 1.82) is 0 Å². The number of ether oxygens (including phenoxy) is 1. The molecule has 1 saturated heterocycles. The first-order valence-corrected chi connectivity index (χ1v) is 8.20. The third-order valence-electron chi connectivity index (χ3n) is 5.32. The van der Waals surface area contributed by atoms with Crippen molar-refractivity contribution < 1.29 is 14.3 Å². The molecule has 0 unspecified atom stereocenters. The van der Waals surface area contributed by atoms with E-state index in [1.807, 2.05) is 19.3 Å². The number of methoxy groups -OCH3 is 1. The molecule has 4 rings (SSSR count). The summed E-state index contributed by atoms with van der Waals surface area (Å²) in [5, 5.41) is 0. The fourth-order valence-corrected chi connectivity index (χ4v) is 4.25. The van der Waals surface area contributed by atoms with Crippen LogP contribution in [0, 0.1) is 5.92 Å². The molecular weight excluding hydrogens is 304 g/mol. The van der Waals surface area contributed by atoms with Crippen molar-refractivity contribution in [3.63, 3.8) is 0 Å². The quantitative estimate of drug-likeness (QED) is 0.798. The van der Waals surface area contributed by atoms with Gasteiger partial charge < -0.3 is 9.30 Å². The van der Waals surface area contributed by atoms with Crippen LogP contribution in [-0.4, -0.2) is 23.5 Å². The van der Waals surface area contributed by atoms with E-state index in [1.165, 1.54) is 10.6 Å². The van der Waals surface area contributed by atoms with Crippen molar-refractivity contribution in [2.24, 2.45) is 13.0 Å². The van der Waals surface area contributed by atoms with E-state index >= 15 is 0 Å². The molecule has 5 heteroatoms. The first-order chi connectivity index (χ1) is 11.5. The minimum absolute atomic E-state index is 0.0866. The zero-order chi connectivity index (χ0) is 17.0. The van der Waals surface area contributed by atoms with Gasteiger partial charge in [-0.15, -0.1) is 0 Å². The van der Waals surface area contributed by atoms with Crippen LogP contribution in [0.25, 0.3) is 0 Å². The van der Waals surface area contributed by atoms with Gasteiger partial charge in [0.2, 0.25) is 11.8 Å². The number of benzene rings is 1.